The van der Waals surface area contributed by atoms with Gasteiger partial charge in [0.2, 0.25) is 0 Å². The van der Waals surface area contributed by atoms with Crippen molar-refractivity contribution in [1.29, 1.82) is 0 Å². The molecule has 0 fully saturated rings. The summed E-state index contributed by atoms with van der Waals surface area (Å²) in [5.74, 6) is 0.661. The number of carbonyl (C=O) groups excluding carboxylic acids is 1. The number of amides is 1. The minimum Gasteiger partial charge on any atom is -0.337 e. The highest BCUT2D eigenvalue weighted by Gasteiger charge is 2.21. The van der Waals surface area contributed by atoms with E-state index in [2.05, 4.69) is 38.8 Å². The van der Waals surface area contributed by atoms with Gasteiger partial charge in [-0.25, -0.2) is 4.98 Å². The Balaban J connectivity index is 1.68. The standard InChI is InChI=1S/C21H19N5OS/c1-25-12-11-22-20(25)14-26(21(27)19-15-28-24-23-19)13-17-9-5-6-10-18(17)16-7-3-2-4-8-16/h2-12,15H,13-14H2,1H3. The van der Waals surface area contributed by atoms with Gasteiger partial charge in [0.25, 0.3) is 5.91 Å². The molecule has 0 atom stereocenters. The molecule has 0 N–H and O–H groups in total. The molecular formula is C21H19N5OS. The van der Waals surface area contributed by atoms with Crippen molar-refractivity contribution in [3.63, 3.8) is 0 Å². The van der Waals surface area contributed by atoms with E-state index in [1.165, 1.54) is 11.5 Å². The average Bonchev–Trinajstić information content (AvgIpc) is 3.40. The second kappa shape index (κ2) is 8.14. The van der Waals surface area contributed by atoms with Crippen molar-refractivity contribution in [2.45, 2.75) is 13.1 Å². The van der Waals surface area contributed by atoms with E-state index in [0.717, 1.165) is 22.5 Å². The third-order valence-corrected chi connectivity index (χ3v) is 5.09. The van der Waals surface area contributed by atoms with Crippen LogP contribution in [0.2, 0.25) is 0 Å². The predicted molar refractivity (Wildman–Crippen MR) is 109 cm³/mol. The Morgan fingerprint density at radius 3 is 2.57 bits per heavy atom. The van der Waals surface area contributed by atoms with Gasteiger partial charge in [-0.05, 0) is 28.2 Å². The van der Waals surface area contributed by atoms with E-state index in [9.17, 15) is 4.79 Å². The molecule has 0 unspecified atom stereocenters. The minimum absolute atomic E-state index is 0.153. The van der Waals surface area contributed by atoms with Crippen molar-refractivity contribution >= 4 is 17.4 Å². The van der Waals surface area contributed by atoms with E-state index in [0.29, 0.717) is 18.8 Å². The van der Waals surface area contributed by atoms with E-state index in [1.54, 1.807) is 16.5 Å². The van der Waals surface area contributed by atoms with Crippen LogP contribution >= 0.6 is 11.5 Å². The summed E-state index contributed by atoms with van der Waals surface area (Å²) in [5, 5.41) is 5.64. The van der Waals surface area contributed by atoms with Crippen LogP contribution < -0.4 is 0 Å². The number of rotatable bonds is 6. The third-order valence-electron chi connectivity index (χ3n) is 4.58. The van der Waals surface area contributed by atoms with E-state index in [1.807, 2.05) is 48.1 Å². The Morgan fingerprint density at radius 2 is 1.86 bits per heavy atom. The molecule has 28 heavy (non-hydrogen) atoms. The van der Waals surface area contributed by atoms with E-state index in [-0.39, 0.29) is 5.91 Å². The van der Waals surface area contributed by atoms with Crippen LogP contribution in [0.3, 0.4) is 0 Å². The largest absolute Gasteiger partial charge is 0.337 e. The predicted octanol–water partition coefficient (Wildman–Crippen LogP) is 3.78. The van der Waals surface area contributed by atoms with E-state index in [4.69, 9.17) is 0 Å². The van der Waals surface area contributed by atoms with Crippen molar-refractivity contribution in [3.05, 3.63) is 89.5 Å². The summed E-state index contributed by atoms with van der Waals surface area (Å²) in [6.07, 6.45) is 3.61. The lowest BCUT2D eigenvalue weighted by Gasteiger charge is -2.23. The molecule has 7 heteroatoms. The number of hydrogen-bond donors (Lipinski definition) is 0. The van der Waals surface area contributed by atoms with Crippen molar-refractivity contribution in [3.8, 4) is 11.1 Å². The molecule has 0 spiro atoms. The quantitative estimate of drug-likeness (QED) is 0.503. The van der Waals surface area contributed by atoms with Gasteiger partial charge in [-0.3, -0.25) is 4.79 Å². The van der Waals surface area contributed by atoms with Crippen molar-refractivity contribution in [2.75, 3.05) is 0 Å². The number of aryl methyl sites for hydroxylation is 1. The molecule has 0 aliphatic heterocycles. The zero-order valence-electron chi connectivity index (χ0n) is 15.4. The summed E-state index contributed by atoms with van der Waals surface area (Å²) in [4.78, 5) is 19.2. The van der Waals surface area contributed by atoms with Crippen LogP contribution in [-0.4, -0.2) is 29.9 Å². The Kier molecular flexibility index (Phi) is 5.25. The monoisotopic (exact) mass is 389 g/mol. The summed E-state index contributed by atoms with van der Waals surface area (Å²) in [5.41, 5.74) is 3.66. The molecule has 0 radical (unpaired) electrons. The highest BCUT2D eigenvalue weighted by Crippen LogP contribution is 2.25. The number of nitrogens with zero attached hydrogens (tertiary/aromatic N) is 5. The van der Waals surface area contributed by atoms with Crippen LogP contribution in [0.25, 0.3) is 11.1 Å². The molecule has 0 aliphatic carbocycles. The maximum absolute atomic E-state index is 13.1. The van der Waals surface area contributed by atoms with Crippen LogP contribution in [0.15, 0.2) is 72.4 Å². The van der Waals surface area contributed by atoms with Gasteiger partial charge < -0.3 is 9.47 Å². The molecule has 2 aromatic heterocycles. The SMILES string of the molecule is Cn1ccnc1CN(Cc1ccccc1-c1ccccc1)C(=O)c1csnn1. The summed E-state index contributed by atoms with van der Waals surface area (Å²) in [6.45, 7) is 0.845. The van der Waals surface area contributed by atoms with Crippen LogP contribution in [-0.2, 0) is 20.1 Å². The summed E-state index contributed by atoms with van der Waals surface area (Å²) in [6, 6.07) is 18.3. The lowest BCUT2D eigenvalue weighted by atomic mass is 9.99. The van der Waals surface area contributed by atoms with Gasteiger partial charge >= 0.3 is 0 Å². The van der Waals surface area contributed by atoms with E-state index >= 15 is 0 Å². The summed E-state index contributed by atoms with van der Waals surface area (Å²) in [7, 11) is 1.92. The Hall–Kier alpha value is -3.32. The Morgan fingerprint density at radius 1 is 1.07 bits per heavy atom. The fourth-order valence-corrected chi connectivity index (χ4v) is 3.53. The molecular weight excluding hydrogens is 370 g/mol. The number of benzene rings is 2. The maximum atomic E-state index is 13.1. The van der Waals surface area contributed by atoms with Crippen LogP contribution in [0.4, 0.5) is 0 Å². The summed E-state index contributed by atoms with van der Waals surface area (Å²) < 4.78 is 5.76. The Bertz CT molecular complexity index is 1060. The highest BCUT2D eigenvalue weighted by atomic mass is 32.1. The van der Waals surface area contributed by atoms with E-state index < -0.39 is 0 Å². The first-order valence-electron chi connectivity index (χ1n) is 8.88. The lowest BCUT2D eigenvalue weighted by Crippen LogP contribution is -2.31. The van der Waals surface area contributed by atoms with Crippen LogP contribution in [0, 0.1) is 0 Å². The van der Waals surface area contributed by atoms with Crippen molar-refractivity contribution in [1.82, 2.24) is 24.0 Å². The van der Waals surface area contributed by atoms with Gasteiger partial charge in [-0.1, -0.05) is 59.1 Å². The zero-order valence-corrected chi connectivity index (χ0v) is 16.2. The molecule has 0 bridgehead atoms. The molecule has 0 aliphatic rings. The van der Waals surface area contributed by atoms with Crippen molar-refractivity contribution in [2.24, 2.45) is 7.05 Å². The molecule has 0 saturated heterocycles. The fraction of sp³-hybridized carbons (Fsp3) is 0.143. The zero-order chi connectivity index (χ0) is 19.3. The molecule has 1 amide bonds. The third kappa shape index (κ3) is 3.84. The summed E-state index contributed by atoms with van der Waals surface area (Å²) >= 11 is 1.17. The minimum atomic E-state index is -0.153. The van der Waals surface area contributed by atoms with Gasteiger partial charge in [0, 0.05) is 31.4 Å². The highest BCUT2D eigenvalue weighted by molar-refractivity contribution is 7.03. The normalized spacial score (nSPS) is 10.8. The molecule has 6 nitrogen and oxygen atoms in total. The van der Waals surface area contributed by atoms with Crippen molar-refractivity contribution < 1.29 is 4.79 Å². The molecule has 2 aromatic carbocycles. The van der Waals surface area contributed by atoms with Gasteiger partial charge in [-0.2, -0.15) is 0 Å². The number of aromatic nitrogens is 4. The first-order valence-corrected chi connectivity index (χ1v) is 9.72. The molecule has 140 valence electrons. The van der Waals surface area contributed by atoms with Crippen LogP contribution in [0.5, 0.6) is 0 Å². The van der Waals surface area contributed by atoms with Crippen LogP contribution in [0.1, 0.15) is 21.9 Å². The first-order chi connectivity index (χ1) is 13.7. The molecule has 2 heterocycles. The second-order valence-corrected chi connectivity index (χ2v) is 7.04. The average molecular weight is 389 g/mol. The first kappa shape index (κ1) is 18.1. The smallest absolute Gasteiger partial charge is 0.276 e. The molecule has 4 aromatic rings. The Labute approximate surface area is 167 Å². The maximum Gasteiger partial charge on any atom is 0.276 e. The molecule has 0 saturated carbocycles. The number of hydrogen-bond acceptors (Lipinski definition) is 5. The number of imidazole rings is 1. The van der Waals surface area contributed by atoms with Gasteiger partial charge in [0.15, 0.2) is 5.69 Å². The van der Waals surface area contributed by atoms with Gasteiger partial charge in [0.05, 0.1) is 6.54 Å². The fourth-order valence-electron chi connectivity index (χ4n) is 3.10. The van der Waals surface area contributed by atoms with Gasteiger partial charge in [-0.15, -0.1) is 5.10 Å². The second-order valence-electron chi connectivity index (χ2n) is 6.43. The molecule has 4 rings (SSSR count). The lowest BCUT2D eigenvalue weighted by molar-refractivity contribution is 0.0718. The van der Waals surface area contributed by atoms with Gasteiger partial charge in [0.1, 0.15) is 5.82 Å². The topological polar surface area (TPSA) is 63.9 Å². The number of carbonyl (C=O) groups is 1.